The van der Waals surface area contributed by atoms with Gasteiger partial charge in [0.2, 0.25) is 5.91 Å². The number of imide groups is 1. The lowest BCUT2D eigenvalue weighted by Crippen LogP contribution is -2.49. The van der Waals surface area contributed by atoms with Gasteiger partial charge >= 0.3 is 6.03 Å². The summed E-state index contributed by atoms with van der Waals surface area (Å²) >= 11 is 1.45. The fourth-order valence-electron chi connectivity index (χ4n) is 5.08. The van der Waals surface area contributed by atoms with Crippen molar-refractivity contribution in [2.24, 2.45) is 0 Å². The van der Waals surface area contributed by atoms with Gasteiger partial charge in [-0.3, -0.25) is 19.4 Å². The Bertz CT molecular complexity index is 1190. The smallest absolute Gasteiger partial charge is 0.313 e. The molecule has 2 heterocycles. The molecular formula is C26H28N4O3S. The number of aromatic nitrogens is 1. The van der Waals surface area contributed by atoms with Crippen LogP contribution in [0.4, 0.5) is 9.93 Å². The predicted octanol–water partition coefficient (Wildman–Crippen LogP) is 4.47. The number of anilines is 1. The fraction of sp³-hybridized carbons (Fsp3) is 0.385. The quantitative estimate of drug-likeness (QED) is 0.492. The second kappa shape index (κ2) is 9.18. The zero-order valence-corrected chi connectivity index (χ0v) is 20.1. The summed E-state index contributed by atoms with van der Waals surface area (Å²) < 4.78 is 0.990. The van der Waals surface area contributed by atoms with E-state index in [1.165, 1.54) is 11.3 Å². The Morgan fingerprint density at radius 3 is 2.47 bits per heavy atom. The van der Waals surface area contributed by atoms with E-state index < -0.39 is 5.54 Å². The third-order valence-corrected chi connectivity index (χ3v) is 8.12. The van der Waals surface area contributed by atoms with Crippen molar-refractivity contribution in [2.45, 2.75) is 44.1 Å². The summed E-state index contributed by atoms with van der Waals surface area (Å²) in [6.07, 6.45) is 4.87. The lowest BCUT2D eigenvalue weighted by atomic mass is 9.81. The second-order valence-corrected chi connectivity index (χ2v) is 10.1. The van der Waals surface area contributed by atoms with E-state index in [-0.39, 0.29) is 24.4 Å². The van der Waals surface area contributed by atoms with E-state index in [2.05, 4.69) is 4.98 Å². The molecule has 0 N–H and O–H groups in total. The summed E-state index contributed by atoms with van der Waals surface area (Å²) in [5.74, 6) is -0.529. The topological polar surface area (TPSA) is 73.8 Å². The van der Waals surface area contributed by atoms with E-state index in [0.717, 1.165) is 39.9 Å². The highest BCUT2D eigenvalue weighted by atomic mass is 32.1. The molecule has 5 rings (SSSR count). The van der Waals surface area contributed by atoms with Crippen molar-refractivity contribution in [1.82, 2.24) is 14.8 Å². The number of nitrogens with zero attached hydrogens (tertiary/aromatic N) is 4. The molecule has 1 aliphatic heterocycles. The number of likely N-dealkylation sites (N-methyl/N-ethyl adjacent to an activating group) is 1. The molecule has 1 saturated heterocycles. The first-order valence-corrected chi connectivity index (χ1v) is 12.6. The molecular weight excluding hydrogens is 448 g/mol. The van der Waals surface area contributed by atoms with Crippen molar-refractivity contribution in [3.05, 3.63) is 60.2 Å². The number of thiazole rings is 1. The normalized spacial score (nSPS) is 17.7. The van der Waals surface area contributed by atoms with E-state index in [1.807, 2.05) is 54.6 Å². The van der Waals surface area contributed by atoms with E-state index >= 15 is 0 Å². The maximum atomic E-state index is 13.6. The monoisotopic (exact) mass is 476 g/mol. The SMILES string of the molecule is CN1C(=O)N(CC(=O)N(CCc2ccccc2)c2nc3ccccc3s2)C(=O)C12CCCCC2. The molecule has 1 aliphatic carbocycles. The van der Waals surface area contributed by atoms with Gasteiger partial charge in [-0.05, 0) is 37.0 Å². The highest BCUT2D eigenvalue weighted by Gasteiger charge is 2.56. The minimum atomic E-state index is -0.791. The Morgan fingerprint density at radius 1 is 1.03 bits per heavy atom. The number of para-hydroxylation sites is 1. The molecule has 0 radical (unpaired) electrons. The van der Waals surface area contributed by atoms with Crippen LogP contribution in [0.5, 0.6) is 0 Å². The Balaban J connectivity index is 1.40. The molecule has 2 aromatic carbocycles. The Kier molecular flexibility index (Phi) is 6.08. The maximum Gasteiger partial charge on any atom is 0.327 e. The van der Waals surface area contributed by atoms with Gasteiger partial charge in [-0.1, -0.05) is 73.1 Å². The van der Waals surface area contributed by atoms with E-state index in [0.29, 0.717) is 30.9 Å². The number of hydrogen-bond donors (Lipinski definition) is 0. The molecule has 8 heteroatoms. The molecule has 7 nitrogen and oxygen atoms in total. The molecule has 0 atom stereocenters. The van der Waals surface area contributed by atoms with Crippen molar-refractivity contribution in [3.63, 3.8) is 0 Å². The lowest BCUT2D eigenvalue weighted by Gasteiger charge is -2.35. The molecule has 1 saturated carbocycles. The Labute approximate surface area is 203 Å². The van der Waals surface area contributed by atoms with Crippen molar-refractivity contribution < 1.29 is 14.4 Å². The van der Waals surface area contributed by atoms with Gasteiger partial charge in [0.05, 0.1) is 10.2 Å². The summed E-state index contributed by atoms with van der Waals surface area (Å²) in [5.41, 5.74) is 1.14. The molecule has 3 aromatic rings. The second-order valence-electron chi connectivity index (χ2n) is 9.07. The number of urea groups is 1. The van der Waals surface area contributed by atoms with Crippen LogP contribution < -0.4 is 4.90 Å². The minimum absolute atomic E-state index is 0.236. The number of hydrogen-bond acceptors (Lipinski definition) is 5. The Hall–Kier alpha value is -3.26. The van der Waals surface area contributed by atoms with E-state index in [9.17, 15) is 14.4 Å². The largest absolute Gasteiger partial charge is 0.327 e. The van der Waals surface area contributed by atoms with Gasteiger partial charge in [0, 0.05) is 13.6 Å². The summed E-state index contributed by atoms with van der Waals surface area (Å²) in [6, 6.07) is 17.3. The molecule has 34 heavy (non-hydrogen) atoms. The molecule has 0 bridgehead atoms. The number of amides is 4. The van der Waals surface area contributed by atoms with E-state index in [1.54, 1.807) is 16.8 Å². The van der Waals surface area contributed by atoms with E-state index in [4.69, 9.17) is 0 Å². The highest BCUT2D eigenvalue weighted by Crippen LogP contribution is 2.39. The average Bonchev–Trinajstić information content (AvgIpc) is 3.36. The first-order chi connectivity index (χ1) is 16.5. The number of carbonyl (C=O) groups is 3. The van der Waals surface area contributed by atoms with Crippen molar-refractivity contribution in [1.29, 1.82) is 0 Å². The highest BCUT2D eigenvalue weighted by molar-refractivity contribution is 7.22. The zero-order valence-electron chi connectivity index (χ0n) is 19.3. The number of rotatable bonds is 6. The van der Waals surface area contributed by atoms with Gasteiger partial charge in [0.25, 0.3) is 5.91 Å². The molecule has 2 fully saturated rings. The van der Waals surface area contributed by atoms with Gasteiger partial charge < -0.3 is 4.90 Å². The van der Waals surface area contributed by atoms with Crippen molar-refractivity contribution in [3.8, 4) is 0 Å². The first kappa shape index (κ1) is 22.5. The van der Waals surface area contributed by atoms with Crippen molar-refractivity contribution in [2.75, 3.05) is 25.0 Å². The molecule has 1 aromatic heterocycles. The summed E-state index contributed by atoms with van der Waals surface area (Å²) in [5, 5.41) is 0.585. The average molecular weight is 477 g/mol. The van der Waals surface area contributed by atoms with Crippen LogP contribution in [0.2, 0.25) is 0 Å². The van der Waals surface area contributed by atoms with Gasteiger partial charge in [0.15, 0.2) is 5.13 Å². The number of benzene rings is 2. The van der Waals surface area contributed by atoms with Crippen molar-refractivity contribution >= 4 is 44.5 Å². The molecule has 2 aliphatic rings. The number of carbonyl (C=O) groups excluding carboxylic acids is 3. The van der Waals surface area contributed by atoms with Crippen LogP contribution in [-0.2, 0) is 16.0 Å². The molecule has 4 amide bonds. The predicted molar refractivity (Wildman–Crippen MR) is 133 cm³/mol. The number of fused-ring (bicyclic) bond motifs is 1. The minimum Gasteiger partial charge on any atom is -0.313 e. The fourth-order valence-corrected chi connectivity index (χ4v) is 6.09. The van der Waals surface area contributed by atoms with Gasteiger partial charge in [-0.15, -0.1) is 0 Å². The lowest BCUT2D eigenvalue weighted by molar-refractivity contribution is -0.136. The van der Waals surface area contributed by atoms with Crippen LogP contribution in [0.15, 0.2) is 54.6 Å². The van der Waals surface area contributed by atoms with Crippen LogP contribution >= 0.6 is 11.3 Å². The van der Waals surface area contributed by atoms with Crippen LogP contribution in [-0.4, -0.2) is 58.3 Å². The van der Waals surface area contributed by atoms with Gasteiger partial charge in [0.1, 0.15) is 12.1 Å². The molecule has 0 unspecified atom stereocenters. The molecule has 176 valence electrons. The third kappa shape index (κ3) is 3.96. The van der Waals surface area contributed by atoms with Gasteiger partial charge in [-0.25, -0.2) is 9.78 Å². The Morgan fingerprint density at radius 2 is 1.74 bits per heavy atom. The maximum absolute atomic E-state index is 13.6. The standard InChI is InChI=1S/C26H28N4O3S/c1-28-25(33)30(23(32)26(28)15-8-3-9-16-26)18-22(31)29(17-14-19-10-4-2-5-11-19)24-27-20-12-6-7-13-21(20)34-24/h2,4-7,10-13H,3,8-9,14-18H2,1H3. The van der Waals surface area contributed by atoms with Crippen LogP contribution in [0.3, 0.4) is 0 Å². The first-order valence-electron chi connectivity index (χ1n) is 11.8. The van der Waals surface area contributed by atoms with Crippen LogP contribution in [0.1, 0.15) is 37.7 Å². The third-order valence-electron chi connectivity index (χ3n) is 7.06. The zero-order chi connectivity index (χ0) is 23.7. The summed E-state index contributed by atoms with van der Waals surface area (Å²) in [7, 11) is 1.69. The van der Waals surface area contributed by atoms with Gasteiger partial charge in [-0.2, -0.15) is 0 Å². The summed E-state index contributed by atoms with van der Waals surface area (Å²) in [6.45, 7) is 0.147. The summed E-state index contributed by atoms with van der Waals surface area (Å²) in [4.78, 5) is 49.1. The van der Waals surface area contributed by atoms with Crippen LogP contribution in [0.25, 0.3) is 10.2 Å². The van der Waals surface area contributed by atoms with Crippen LogP contribution in [0, 0.1) is 0 Å². The molecule has 1 spiro atoms.